The molecule has 0 aliphatic heterocycles. The fourth-order valence-electron chi connectivity index (χ4n) is 1.76. The van der Waals surface area contributed by atoms with E-state index in [9.17, 15) is 9.18 Å². The zero-order valence-electron chi connectivity index (χ0n) is 11.7. The van der Waals surface area contributed by atoms with E-state index >= 15 is 0 Å². The van der Waals surface area contributed by atoms with Gasteiger partial charge in [0.15, 0.2) is 23.0 Å². The smallest absolute Gasteiger partial charge is 0.358 e. The van der Waals surface area contributed by atoms with Gasteiger partial charge in [0.1, 0.15) is 5.82 Å². The third-order valence-electron chi connectivity index (χ3n) is 2.59. The summed E-state index contributed by atoms with van der Waals surface area (Å²) in [6.45, 7) is 3.60. The van der Waals surface area contributed by atoms with Crippen LogP contribution in [0.25, 0.3) is 11.3 Å². The van der Waals surface area contributed by atoms with E-state index in [4.69, 9.17) is 19.1 Å². The van der Waals surface area contributed by atoms with Crippen LogP contribution in [0.4, 0.5) is 4.39 Å². The molecule has 1 aromatic carbocycles. The first kappa shape index (κ1) is 14.8. The van der Waals surface area contributed by atoms with Gasteiger partial charge >= 0.3 is 5.97 Å². The van der Waals surface area contributed by atoms with Crippen LogP contribution in [-0.2, 0) is 0 Å². The number of nitrogens with zero attached hydrogens (tertiary/aromatic N) is 1. The van der Waals surface area contributed by atoms with Crippen molar-refractivity contribution in [2.24, 2.45) is 0 Å². The number of carboxylic acids is 1. The van der Waals surface area contributed by atoms with Crippen molar-refractivity contribution in [3.05, 3.63) is 29.7 Å². The summed E-state index contributed by atoms with van der Waals surface area (Å²) >= 11 is 0. The summed E-state index contributed by atoms with van der Waals surface area (Å²) in [7, 11) is 1.38. The Labute approximate surface area is 120 Å². The topological polar surface area (TPSA) is 81.8 Å². The monoisotopic (exact) mass is 295 g/mol. The fraction of sp³-hybridized carbons (Fsp3) is 0.286. The lowest BCUT2D eigenvalue weighted by atomic mass is 10.1. The lowest BCUT2D eigenvalue weighted by Gasteiger charge is -2.16. The number of aromatic carboxylic acids is 1. The van der Waals surface area contributed by atoms with Gasteiger partial charge in [-0.1, -0.05) is 5.16 Å². The van der Waals surface area contributed by atoms with E-state index in [1.54, 1.807) is 13.8 Å². The second kappa shape index (κ2) is 5.82. The molecule has 21 heavy (non-hydrogen) atoms. The van der Waals surface area contributed by atoms with Crippen LogP contribution in [0.5, 0.6) is 11.5 Å². The van der Waals surface area contributed by atoms with E-state index in [0.29, 0.717) is 0 Å². The quantitative estimate of drug-likeness (QED) is 0.913. The summed E-state index contributed by atoms with van der Waals surface area (Å²) in [6.07, 6.45) is -0.190. The maximum absolute atomic E-state index is 13.7. The lowest BCUT2D eigenvalue weighted by molar-refractivity contribution is 0.0686. The Morgan fingerprint density at radius 1 is 1.38 bits per heavy atom. The van der Waals surface area contributed by atoms with Crippen molar-refractivity contribution in [1.82, 2.24) is 5.16 Å². The largest absolute Gasteiger partial charge is 0.493 e. The van der Waals surface area contributed by atoms with Gasteiger partial charge in [-0.3, -0.25) is 0 Å². The second-order valence-electron chi connectivity index (χ2n) is 4.53. The molecule has 6 nitrogen and oxygen atoms in total. The standard InChI is InChI=1S/C14H14FNO5/c1-7(2)20-13-9(4-8(15)5-12(13)19-3)11-6-10(14(17)18)16-21-11/h4-7H,1-3H3,(H,17,18). The molecule has 2 rings (SSSR count). The number of hydrogen-bond acceptors (Lipinski definition) is 5. The summed E-state index contributed by atoms with van der Waals surface area (Å²) in [5.41, 5.74) is -0.0377. The molecule has 0 bridgehead atoms. The van der Waals surface area contributed by atoms with Crippen LogP contribution in [0.2, 0.25) is 0 Å². The highest BCUT2D eigenvalue weighted by atomic mass is 19.1. The van der Waals surface area contributed by atoms with Gasteiger partial charge in [0.05, 0.1) is 18.8 Å². The molecule has 0 spiro atoms. The Morgan fingerprint density at radius 3 is 2.62 bits per heavy atom. The van der Waals surface area contributed by atoms with Gasteiger partial charge in [0.2, 0.25) is 0 Å². The highest BCUT2D eigenvalue weighted by Crippen LogP contribution is 2.40. The molecule has 2 aromatic rings. The molecule has 0 amide bonds. The molecule has 1 heterocycles. The molecule has 0 radical (unpaired) electrons. The van der Waals surface area contributed by atoms with Crippen molar-refractivity contribution < 1.29 is 28.3 Å². The number of halogens is 1. The minimum atomic E-state index is -1.24. The maximum atomic E-state index is 13.7. The third kappa shape index (κ3) is 3.13. The predicted molar refractivity (Wildman–Crippen MR) is 71.2 cm³/mol. The Kier molecular flexibility index (Phi) is 4.11. The summed E-state index contributed by atoms with van der Waals surface area (Å²) < 4.78 is 29.3. The minimum absolute atomic E-state index is 0.0841. The van der Waals surface area contributed by atoms with Crippen LogP contribution in [0, 0.1) is 5.82 Å². The molecule has 0 aliphatic rings. The zero-order valence-corrected chi connectivity index (χ0v) is 11.7. The first-order chi connectivity index (χ1) is 9.92. The van der Waals surface area contributed by atoms with Crippen molar-refractivity contribution in [2.45, 2.75) is 20.0 Å². The van der Waals surface area contributed by atoms with Gasteiger partial charge in [0.25, 0.3) is 0 Å². The Morgan fingerprint density at radius 2 is 2.10 bits per heavy atom. The normalized spacial score (nSPS) is 10.7. The minimum Gasteiger partial charge on any atom is -0.493 e. The van der Waals surface area contributed by atoms with Gasteiger partial charge in [-0.05, 0) is 19.9 Å². The molecule has 0 aliphatic carbocycles. The van der Waals surface area contributed by atoms with Gasteiger partial charge < -0.3 is 19.1 Å². The van der Waals surface area contributed by atoms with E-state index in [-0.39, 0.29) is 34.6 Å². The number of aromatic nitrogens is 1. The van der Waals surface area contributed by atoms with Crippen molar-refractivity contribution >= 4 is 5.97 Å². The van der Waals surface area contributed by atoms with Crippen LogP contribution < -0.4 is 9.47 Å². The molecule has 0 fully saturated rings. The van der Waals surface area contributed by atoms with E-state index < -0.39 is 11.8 Å². The summed E-state index contributed by atoms with van der Waals surface area (Å²) in [6, 6.07) is 3.55. The number of hydrogen-bond donors (Lipinski definition) is 1. The van der Waals surface area contributed by atoms with E-state index in [0.717, 1.165) is 0 Å². The lowest BCUT2D eigenvalue weighted by Crippen LogP contribution is -2.08. The fourth-order valence-corrected chi connectivity index (χ4v) is 1.76. The van der Waals surface area contributed by atoms with E-state index in [1.807, 2.05) is 0 Å². The molecule has 0 atom stereocenters. The van der Waals surface area contributed by atoms with Crippen molar-refractivity contribution in [3.63, 3.8) is 0 Å². The summed E-state index contributed by atoms with van der Waals surface area (Å²) in [5, 5.41) is 12.3. The van der Waals surface area contributed by atoms with Gasteiger partial charge in [-0.2, -0.15) is 0 Å². The highest BCUT2D eigenvalue weighted by Gasteiger charge is 2.21. The SMILES string of the molecule is COc1cc(F)cc(-c2cc(C(=O)O)no2)c1OC(C)C. The first-order valence-corrected chi connectivity index (χ1v) is 6.17. The number of carboxylic acid groups (broad SMARTS) is 1. The van der Waals surface area contributed by atoms with Crippen LogP contribution in [0.1, 0.15) is 24.3 Å². The number of methoxy groups -OCH3 is 1. The molecular formula is C14H14FNO5. The number of carbonyl (C=O) groups is 1. The van der Waals surface area contributed by atoms with E-state index in [1.165, 1.54) is 25.3 Å². The van der Waals surface area contributed by atoms with E-state index in [2.05, 4.69) is 5.16 Å². The Balaban J connectivity index is 2.58. The molecule has 1 N–H and O–H groups in total. The molecule has 0 unspecified atom stereocenters. The highest BCUT2D eigenvalue weighted by molar-refractivity contribution is 5.87. The molecule has 0 saturated heterocycles. The molecule has 7 heteroatoms. The van der Waals surface area contributed by atoms with Crippen LogP contribution in [0.15, 0.2) is 22.7 Å². The number of ether oxygens (including phenoxy) is 2. The maximum Gasteiger partial charge on any atom is 0.358 e. The second-order valence-corrected chi connectivity index (χ2v) is 4.53. The summed E-state index contributed by atoms with van der Waals surface area (Å²) in [4.78, 5) is 10.8. The van der Waals surface area contributed by atoms with Crippen molar-refractivity contribution in [1.29, 1.82) is 0 Å². The molecule has 112 valence electrons. The average Bonchev–Trinajstić information content (AvgIpc) is 2.89. The van der Waals surface area contributed by atoms with Crippen LogP contribution in [0.3, 0.4) is 0 Å². The molecule has 0 saturated carbocycles. The third-order valence-corrected chi connectivity index (χ3v) is 2.59. The van der Waals surface area contributed by atoms with Crippen LogP contribution >= 0.6 is 0 Å². The van der Waals surface area contributed by atoms with Gasteiger partial charge in [0, 0.05) is 12.1 Å². The predicted octanol–water partition coefficient (Wildman–Crippen LogP) is 2.97. The van der Waals surface area contributed by atoms with Gasteiger partial charge in [-0.25, -0.2) is 9.18 Å². The Hall–Kier alpha value is -2.57. The van der Waals surface area contributed by atoms with Gasteiger partial charge in [-0.15, -0.1) is 0 Å². The average molecular weight is 295 g/mol. The molecular weight excluding hydrogens is 281 g/mol. The zero-order chi connectivity index (χ0) is 15.6. The van der Waals surface area contributed by atoms with Crippen molar-refractivity contribution in [3.8, 4) is 22.8 Å². The first-order valence-electron chi connectivity index (χ1n) is 6.17. The molecule has 1 aromatic heterocycles. The number of benzene rings is 1. The number of rotatable bonds is 5. The van der Waals surface area contributed by atoms with Crippen molar-refractivity contribution in [2.75, 3.05) is 7.11 Å². The van der Waals surface area contributed by atoms with Crippen LogP contribution in [-0.4, -0.2) is 29.4 Å². The Bertz CT molecular complexity index is 665. The summed E-state index contributed by atoms with van der Waals surface area (Å²) in [5.74, 6) is -1.26.